The van der Waals surface area contributed by atoms with Crippen LogP contribution in [-0.2, 0) is 4.79 Å². The molecule has 1 aromatic heterocycles. The predicted octanol–water partition coefficient (Wildman–Crippen LogP) is 3.07. The maximum Gasteiger partial charge on any atom is 0.265 e. The number of benzene rings is 1. The van der Waals surface area contributed by atoms with Crippen LogP contribution in [0.5, 0.6) is 0 Å². The molecule has 4 N–H and O–H groups in total. The Balaban J connectivity index is 1.87. The molecule has 1 aromatic carbocycles. The molecule has 1 heterocycles. The molecule has 0 fully saturated rings. The largest absolute Gasteiger partial charge is 0.328 e. The molecule has 0 spiro atoms. The molecule has 2 rings (SSSR count). The topological polar surface area (TPSA) is 84.2 Å². The second-order valence-corrected chi connectivity index (χ2v) is 6.02. The second kappa shape index (κ2) is 7.72. The summed E-state index contributed by atoms with van der Waals surface area (Å²) in [5.41, 5.74) is 7.01. The van der Waals surface area contributed by atoms with Crippen molar-refractivity contribution in [2.75, 3.05) is 10.6 Å². The fourth-order valence-electron chi connectivity index (χ4n) is 1.82. The predicted molar refractivity (Wildman–Crippen MR) is 90.2 cm³/mol. The summed E-state index contributed by atoms with van der Waals surface area (Å²) in [6.07, 6.45) is 1.05. The van der Waals surface area contributed by atoms with Crippen LogP contribution >= 0.6 is 11.3 Å². The lowest BCUT2D eigenvalue weighted by atomic mass is 10.2. The maximum absolute atomic E-state index is 11.9. The van der Waals surface area contributed by atoms with Gasteiger partial charge in [-0.3, -0.25) is 9.59 Å². The van der Waals surface area contributed by atoms with Gasteiger partial charge in [-0.25, -0.2) is 0 Å². The molecule has 1 unspecified atom stereocenters. The van der Waals surface area contributed by atoms with E-state index in [0.717, 1.165) is 0 Å². The summed E-state index contributed by atoms with van der Waals surface area (Å²) in [5, 5.41) is 7.46. The van der Waals surface area contributed by atoms with E-state index in [1.165, 1.54) is 11.3 Å². The fourth-order valence-corrected chi connectivity index (χ4v) is 2.44. The monoisotopic (exact) mass is 317 g/mol. The third-order valence-electron chi connectivity index (χ3n) is 3.00. The average Bonchev–Trinajstić information content (AvgIpc) is 3.01. The van der Waals surface area contributed by atoms with Crippen molar-refractivity contribution in [2.45, 2.75) is 25.8 Å². The van der Waals surface area contributed by atoms with Crippen LogP contribution < -0.4 is 16.4 Å². The zero-order valence-corrected chi connectivity index (χ0v) is 13.2. The van der Waals surface area contributed by atoms with Gasteiger partial charge < -0.3 is 16.4 Å². The molecule has 0 aliphatic rings. The van der Waals surface area contributed by atoms with Gasteiger partial charge in [0.2, 0.25) is 5.91 Å². The van der Waals surface area contributed by atoms with E-state index in [0.29, 0.717) is 29.1 Å². The van der Waals surface area contributed by atoms with Gasteiger partial charge in [0.05, 0.1) is 4.88 Å². The van der Waals surface area contributed by atoms with Gasteiger partial charge in [0.15, 0.2) is 0 Å². The number of carbonyl (C=O) groups is 2. The Kier molecular flexibility index (Phi) is 5.68. The van der Waals surface area contributed by atoms with E-state index >= 15 is 0 Å². The Morgan fingerprint density at radius 3 is 2.32 bits per heavy atom. The zero-order valence-electron chi connectivity index (χ0n) is 12.3. The lowest BCUT2D eigenvalue weighted by Crippen LogP contribution is -2.19. The summed E-state index contributed by atoms with van der Waals surface area (Å²) >= 11 is 1.39. The van der Waals surface area contributed by atoms with Gasteiger partial charge in [-0.1, -0.05) is 6.07 Å². The van der Waals surface area contributed by atoms with Crippen LogP contribution in [-0.4, -0.2) is 17.9 Å². The van der Waals surface area contributed by atoms with Gasteiger partial charge in [-0.2, -0.15) is 0 Å². The number of anilines is 2. The van der Waals surface area contributed by atoms with Gasteiger partial charge >= 0.3 is 0 Å². The number of thiophene rings is 1. The number of nitrogens with two attached hydrogens (primary N) is 1. The van der Waals surface area contributed by atoms with Crippen molar-refractivity contribution in [3.63, 3.8) is 0 Å². The molecule has 0 aliphatic heterocycles. The smallest absolute Gasteiger partial charge is 0.265 e. The molecule has 0 bridgehead atoms. The number of carbonyl (C=O) groups excluding carboxylic acids is 2. The molecular formula is C16H19N3O2S. The van der Waals surface area contributed by atoms with Crippen LogP contribution in [0.15, 0.2) is 41.8 Å². The van der Waals surface area contributed by atoms with E-state index in [-0.39, 0.29) is 17.9 Å². The number of hydrogen-bond donors (Lipinski definition) is 3. The summed E-state index contributed by atoms with van der Waals surface area (Å²) in [6.45, 7) is 1.87. The average molecular weight is 317 g/mol. The molecule has 116 valence electrons. The Hall–Kier alpha value is -2.18. The van der Waals surface area contributed by atoms with Crippen molar-refractivity contribution >= 4 is 34.5 Å². The number of rotatable bonds is 6. The highest BCUT2D eigenvalue weighted by Gasteiger charge is 2.07. The molecule has 2 aromatic rings. The third kappa shape index (κ3) is 4.98. The first-order valence-corrected chi connectivity index (χ1v) is 7.93. The fraction of sp³-hybridized carbons (Fsp3) is 0.250. The number of amides is 2. The summed E-state index contributed by atoms with van der Waals surface area (Å²) in [6, 6.07) is 10.6. The normalized spacial score (nSPS) is 11.7. The van der Waals surface area contributed by atoms with Gasteiger partial charge in [-0.15, -0.1) is 11.3 Å². The quantitative estimate of drug-likeness (QED) is 0.765. The van der Waals surface area contributed by atoms with E-state index in [2.05, 4.69) is 10.6 Å². The highest BCUT2D eigenvalue weighted by molar-refractivity contribution is 7.12. The van der Waals surface area contributed by atoms with E-state index in [1.54, 1.807) is 30.3 Å². The molecule has 0 aliphatic carbocycles. The summed E-state index contributed by atoms with van der Waals surface area (Å²) in [5.74, 6) is -0.198. The Labute approximate surface area is 133 Å². The minimum absolute atomic E-state index is 0.0144. The highest BCUT2D eigenvalue weighted by atomic mass is 32.1. The molecule has 0 radical (unpaired) electrons. The SMILES string of the molecule is CC(N)CCC(=O)Nc1ccc(NC(=O)c2cccs2)cc1. The van der Waals surface area contributed by atoms with Crippen molar-refractivity contribution in [3.05, 3.63) is 46.7 Å². The second-order valence-electron chi connectivity index (χ2n) is 5.07. The lowest BCUT2D eigenvalue weighted by Gasteiger charge is -2.08. The van der Waals surface area contributed by atoms with Gasteiger partial charge in [0, 0.05) is 23.8 Å². The first-order valence-electron chi connectivity index (χ1n) is 7.05. The van der Waals surface area contributed by atoms with Crippen molar-refractivity contribution < 1.29 is 9.59 Å². The maximum atomic E-state index is 11.9. The molecule has 1 atom stereocenters. The third-order valence-corrected chi connectivity index (χ3v) is 3.87. The highest BCUT2D eigenvalue weighted by Crippen LogP contribution is 2.16. The van der Waals surface area contributed by atoms with Gasteiger partial charge in [0.1, 0.15) is 0 Å². The van der Waals surface area contributed by atoms with Crippen LogP contribution in [0.2, 0.25) is 0 Å². The standard InChI is InChI=1S/C16H19N3O2S/c1-11(17)4-9-15(20)18-12-5-7-13(8-6-12)19-16(21)14-3-2-10-22-14/h2-3,5-8,10-11H,4,9,17H2,1H3,(H,18,20)(H,19,21). The van der Waals surface area contributed by atoms with Crippen LogP contribution in [0.1, 0.15) is 29.4 Å². The first-order chi connectivity index (χ1) is 10.5. The minimum Gasteiger partial charge on any atom is -0.328 e. The zero-order chi connectivity index (χ0) is 15.9. The van der Waals surface area contributed by atoms with Crippen molar-refractivity contribution in [1.82, 2.24) is 0 Å². The van der Waals surface area contributed by atoms with Crippen molar-refractivity contribution in [1.29, 1.82) is 0 Å². The van der Waals surface area contributed by atoms with Crippen molar-refractivity contribution in [2.24, 2.45) is 5.73 Å². The van der Waals surface area contributed by atoms with Crippen LogP contribution in [0.4, 0.5) is 11.4 Å². The molecule has 6 heteroatoms. The van der Waals surface area contributed by atoms with Crippen LogP contribution in [0.3, 0.4) is 0 Å². The van der Waals surface area contributed by atoms with E-state index in [9.17, 15) is 9.59 Å². The summed E-state index contributed by atoms with van der Waals surface area (Å²) < 4.78 is 0. The van der Waals surface area contributed by atoms with Crippen molar-refractivity contribution in [3.8, 4) is 0 Å². The molecule has 0 saturated carbocycles. The minimum atomic E-state index is -0.135. The van der Waals surface area contributed by atoms with E-state index < -0.39 is 0 Å². The Morgan fingerprint density at radius 2 is 1.77 bits per heavy atom. The molecule has 22 heavy (non-hydrogen) atoms. The van der Waals surface area contributed by atoms with Gasteiger partial charge in [-0.05, 0) is 49.1 Å². The Bertz CT molecular complexity index is 621. The van der Waals surface area contributed by atoms with Gasteiger partial charge in [0.25, 0.3) is 5.91 Å². The molecular weight excluding hydrogens is 298 g/mol. The molecule has 0 saturated heterocycles. The summed E-state index contributed by atoms with van der Waals surface area (Å²) in [4.78, 5) is 24.3. The molecule has 5 nitrogen and oxygen atoms in total. The van der Waals surface area contributed by atoms with Crippen LogP contribution in [0, 0.1) is 0 Å². The van der Waals surface area contributed by atoms with E-state index in [1.807, 2.05) is 18.4 Å². The molecule has 2 amide bonds. The number of hydrogen-bond acceptors (Lipinski definition) is 4. The van der Waals surface area contributed by atoms with E-state index in [4.69, 9.17) is 5.73 Å². The first kappa shape index (κ1) is 16.2. The Morgan fingerprint density at radius 1 is 1.14 bits per heavy atom. The lowest BCUT2D eigenvalue weighted by molar-refractivity contribution is -0.116. The summed E-state index contributed by atoms with van der Waals surface area (Å²) in [7, 11) is 0. The number of nitrogens with one attached hydrogen (secondary N) is 2. The van der Waals surface area contributed by atoms with Crippen LogP contribution in [0.25, 0.3) is 0 Å².